The minimum Gasteiger partial charge on any atom is -0.489 e. The number of hydrogen-bond donors (Lipinski definition) is 1. The van der Waals surface area contributed by atoms with Gasteiger partial charge in [-0.2, -0.15) is 5.26 Å². The lowest BCUT2D eigenvalue weighted by Gasteiger charge is -2.08. The van der Waals surface area contributed by atoms with Crippen LogP contribution in [0.3, 0.4) is 0 Å². The molecular weight excluding hydrogens is 352 g/mol. The summed E-state index contributed by atoms with van der Waals surface area (Å²) in [5.74, 6) is 1.39. The molecule has 0 radical (unpaired) electrons. The van der Waals surface area contributed by atoms with Gasteiger partial charge in [-0.3, -0.25) is 4.79 Å². The molecule has 8 heteroatoms. The Hall–Kier alpha value is -3.05. The number of aromatic amines is 1. The zero-order valence-electron chi connectivity index (χ0n) is 14.5. The summed E-state index contributed by atoms with van der Waals surface area (Å²) in [5, 5.41) is 13.6. The SMILES string of the molecule is CSc1nc(-c2ccc(OCc3c(C)noc3C)cc2)c(C#N)c(=O)[nH]1. The first kappa shape index (κ1) is 17.8. The van der Waals surface area contributed by atoms with Crippen LogP contribution in [0.1, 0.15) is 22.6 Å². The van der Waals surface area contributed by atoms with E-state index in [0.29, 0.717) is 28.8 Å². The van der Waals surface area contributed by atoms with E-state index in [-0.39, 0.29) is 5.56 Å². The van der Waals surface area contributed by atoms with Crippen molar-refractivity contribution in [2.45, 2.75) is 25.6 Å². The molecule has 0 atom stereocenters. The van der Waals surface area contributed by atoms with Gasteiger partial charge < -0.3 is 14.2 Å². The first-order chi connectivity index (χ1) is 12.5. The molecule has 0 bridgehead atoms. The number of aromatic nitrogens is 3. The van der Waals surface area contributed by atoms with Crippen LogP contribution in [0.4, 0.5) is 0 Å². The topological polar surface area (TPSA) is 105 Å². The monoisotopic (exact) mass is 368 g/mol. The minimum atomic E-state index is -0.444. The molecule has 132 valence electrons. The molecule has 0 unspecified atom stereocenters. The maximum absolute atomic E-state index is 12.0. The minimum absolute atomic E-state index is 0.00723. The molecule has 0 saturated heterocycles. The number of H-pyrrole nitrogens is 1. The Kier molecular flexibility index (Phi) is 5.09. The Balaban J connectivity index is 1.85. The van der Waals surface area contributed by atoms with Gasteiger partial charge in [-0.05, 0) is 44.4 Å². The predicted molar refractivity (Wildman–Crippen MR) is 97.1 cm³/mol. The van der Waals surface area contributed by atoms with E-state index in [1.807, 2.05) is 19.9 Å². The Morgan fingerprint density at radius 3 is 2.62 bits per heavy atom. The van der Waals surface area contributed by atoms with E-state index in [9.17, 15) is 10.1 Å². The van der Waals surface area contributed by atoms with Crippen LogP contribution in [0.5, 0.6) is 5.75 Å². The number of aryl methyl sites for hydroxylation is 2. The van der Waals surface area contributed by atoms with Crippen LogP contribution in [0, 0.1) is 25.2 Å². The van der Waals surface area contributed by atoms with Crippen molar-refractivity contribution in [1.29, 1.82) is 5.26 Å². The number of thioether (sulfide) groups is 1. The lowest BCUT2D eigenvalue weighted by molar-refractivity contribution is 0.302. The third kappa shape index (κ3) is 3.48. The summed E-state index contributed by atoms with van der Waals surface area (Å²) in [6.07, 6.45) is 1.81. The Morgan fingerprint density at radius 2 is 2.04 bits per heavy atom. The fourth-order valence-electron chi connectivity index (χ4n) is 2.43. The number of hydrogen-bond acceptors (Lipinski definition) is 7. The molecule has 7 nitrogen and oxygen atoms in total. The molecule has 0 aliphatic heterocycles. The van der Waals surface area contributed by atoms with Crippen molar-refractivity contribution < 1.29 is 9.26 Å². The van der Waals surface area contributed by atoms with Gasteiger partial charge in [0.05, 0.1) is 17.0 Å². The lowest BCUT2D eigenvalue weighted by atomic mass is 10.1. The number of rotatable bonds is 5. The fourth-order valence-corrected chi connectivity index (χ4v) is 2.81. The van der Waals surface area contributed by atoms with Crippen LogP contribution in [0.25, 0.3) is 11.3 Å². The smallest absolute Gasteiger partial charge is 0.270 e. The van der Waals surface area contributed by atoms with Gasteiger partial charge >= 0.3 is 0 Å². The van der Waals surface area contributed by atoms with Crippen molar-refractivity contribution >= 4 is 11.8 Å². The fraction of sp³-hybridized carbons (Fsp3) is 0.222. The summed E-state index contributed by atoms with van der Waals surface area (Å²) in [4.78, 5) is 19.0. The van der Waals surface area contributed by atoms with Gasteiger partial charge in [-0.1, -0.05) is 16.9 Å². The van der Waals surface area contributed by atoms with E-state index in [4.69, 9.17) is 9.26 Å². The van der Waals surface area contributed by atoms with Crippen molar-refractivity contribution in [2.24, 2.45) is 0 Å². The number of benzene rings is 1. The van der Waals surface area contributed by atoms with Gasteiger partial charge in [0.1, 0.15) is 29.7 Å². The molecule has 1 aromatic carbocycles. The molecule has 0 fully saturated rings. The molecule has 2 aromatic heterocycles. The average Bonchev–Trinajstić information content (AvgIpc) is 2.97. The maximum Gasteiger partial charge on any atom is 0.270 e. The molecule has 3 rings (SSSR count). The number of nitriles is 1. The highest BCUT2D eigenvalue weighted by Crippen LogP contribution is 2.24. The van der Waals surface area contributed by atoms with E-state index < -0.39 is 5.56 Å². The van der Waals surface area contributed by atoms with Gasteiger partial charge in [-0.25, -0.2) is 4.98 Å². The Labute approximate surface area is 154 Å². The van der Waals surface area contributed by atoms with Crippen LogP contribution < -0.4 is 10.3 Å². The van der Waals surface area contributed by atoms with Gasteiger partial charge in [0.25, 0.3) is 5.56 Å². The van der Waals surface area contributed by atoms with E-state index >= 15 is 0 Å². The molecule has 0 saturated carbocycles. The summed E-state index contributed by atoms with van der Waals surface area (Å²) >= 11 is 1.31. The third-order valence-electron chi connectivity index (χ3n) is 3.89. The predicted octanol–water partition coefficient (Wildman–Crippen LogP) is 3.21. The Bertz CT molecular complexity index is 1010. The Morgan fingerprint density at radius 1 is 1.31 bits per heavy atom. The first-order valence-corrected chi connectivity index (χ1v) is 8.99. The van der Waals surface area contributed by atoms with Crippen molar-refractivity contribution in [3.05, 3.63) is 57.2 Å². The first-order valence-electron chi connectivity index (χ1n) is 7.77. The van der Waals surface area contributed by atoms with Crippen LogP contribution in [0.2, 0.25) is 0 Å². The standard InChI is InChI=1S/C18H16N4O3S/c1-10-15(11(2)25-22-10)9-24-13-6-4-12(5-7-13)16-14(8-19)17(23)21-18(20-16)26-3/h4-7H,9H2,1-3H3,(H,20,21,23). The number of nitrogens with zero attached hydrogens (tertiary/aromatic N) is 3. The second kappa shape index (κ2) is 7.45. The largest absolute Gasteiger partial charge is 0.489 e. The maximum atomic E-state index is 12.0. The second-order valence-corrected chi connectivity index (χ2v) is 6.32. The summed E-state index contributed by atoms with van der Waals surface area (Å²) in [6.45, 7) is 4.06. The number of ether oxygens (including phenoxy) is 1. The van der Waals surface area contributed by atoms with Gasteiger partial charge in [0.2, 0.25) is 0 Å². The quantitative estimate of drug-likeness (QED) is 0.544. The van der Waals surface area contributed by atoms with Crippen LogP contribution in [-0.4, -0.2) is 21.4 Å². The molecule has 0 aliphatic rings. The van der Waals surface area contributed by atoms with E-state index in [1.54, 1.807) is 30.5 Å². The normalized spacial score (nSPS) is 10.5. The summed E-state index contributed by atoms with van der Waals surface area (Å²) in [5.41, 5.74) is 2.30. The molecule has 26 heavy (non-hydrogen) atoms. The molecule has 2 heterocycles. The van der Waals surface area contributed by atoms with Crippen molar-refractivity contribution in [3.8, 4) is 23.1 Å². The molecule has 0 spiro atoms. The van der Waals surface area contributed by atoms with Crippen LogP contribution in [-0.2, 0) is 6.61 Å². The number of nitrogens with one attached hydrogen (secondary N) is 1. The summed E-state index contributed by atoms with van der Waals surface area (Å²) in [6, 6.07) is 9.01. The van der Waals surface area contributed by atoms with Crippen molar-refractivity contribution in [3.63, 3.8) is 0 Å². The van der Waals surface area contributed by atoms with Crippen LogP contribution >= 0.6 is 11.8 Å². The van der Waals surface area contributed by atoms with Crippen molar-refractivity contribution in [1.82, 2.24) is 15.1 Å². The van der Waals surface area contributed by atoms with Gasteiger partial charge in [0, 0.05) is 5.56 Å². The van der Waals surface area contributed by atoms with Crippen molar-refractivity contribution in [2.75, 3.05) is 6.26 Å². The van der Waals surface area contributed by atoms with Crippen LogP contribution in [0.15, 0.2) is 38.7 Å². The summed E-state index contributed by atoms with van der Waals surface area (Å²) < 4.78 is 10.9. The zero-order valence-corrected chi connectivity index (χ0v) is 15.3. The third-order valence-corrected chi connectivity index (χ3v) is 4.48. The average molecular weight is 368 g/mol. The molecule has 1 N–H and O–H groups in total. The van der Waals surface area contributed by atoms with E-state index in [2.05, 4.69) is 15.1 Å². The van der Waals surface area contributed by atoms with Gasteiger partial charge in [0.15, 0.2) is 5.16 Å². The molecule has 0 aliphatic carbocycles. The summed E-state index contributed by atoms with van der Waals surface area (Å²) in [7, 11) is 0. The van der Waals surface area contributed by atoms with E-state index in [0.717, 1.165) is 17.0 Å². The molecule has 3 aromatic rings. The highest BCUT2D eigenvalue weighted by atomic mass is 32.2. The molecular formula is C18H16N4O3S. The zero-order chi connectivity index (χ0) is 18.7. The second-order valence-electron chi connectivity index (χ2n) is 5.53. The van der Waals surface area contributed by atoms with E-state index in [1.165, 1.54) is 11.8 Å². The lowest BCUT2D eigenvalue weighted by Crippen LogP contribution is -2.14. The highest BCUT2D eigenvalue weighted by Gasteiger charge is 2.14. The molecule has 0 amide bonds. The highest BCUT2D eigenvalue weighted by molar-refractivity contribution is 7.98. The van der Waals surface area contributed by atoms with Gasteiger partial charge in [-0.15, -0.1) is 0 Å².